The van der Waals surface area contributed by atoms with E-state index in [2.05, 4.69) is 15.6 Å². The lowest BCUT2D eigenvalue weighted by atomic mass is 10.2. The molecule has 2 N–H and O–H groups in total. The van der Waals surface area contributed by atoms with E-state index >= 15 is 0 Å². The predicted molar refractivity (Wildman–Crippen MR) is 84.3 cm³/mol. The highest BCUT2D eigenvalue weighted by Gasteiger charge is 2.27. The Kier molecular flexibility index (Phi) is 5.51. The standard InChI is InChI=1S/C15H20FN5O2/c1-17-14(18-7-8-21-13(22)9-19-15(21)23)20(2)10-11-3-5-12(16)6-4-11/h3-6H,7-10H2,1-2H3,(H,17,18)(H,19,23). The first-order valence-corrected chi connectivity index (χ1v) is 7.25. The summed E-state index contributed by atoms with van der Waals surface area (Å²) in [6.45, 7) is 1.29. The van der Waals surface area contributed by atoms with Crippen molar-refractivity contribution in [3.63, 3.8) is 0 Å². The Hall–Kier alpha value is -2.64. The number of rotatable bonds is 5. The number of benzene rings is 1. The van der Waals surface area contributed by atoms with Gasteiger partial charge in [0.2, 0.25) is 5.91 Å². The molecule has 0 radical (unpaired) electrons. The van der Waals surface area contributed by atoms with Crippen molar-refractivity contribution in [1.29, 1.82) is 0 Å². The highest BCUT2D eigenvalue weighted by atomic mass is 19.1. The number of carbonyl (C=O) groups is 2. The summed E-state index contributed by atoms with van der Waals surface area (Å²) in [5.41, 5.74) is 0.950. The predicted octanol–water partition coefficient (Wildman–Crippen LogP) is 0.385. The van der Waals surface area contributed by atoms with Crippen molar-refractivity contribution in [2.45, 2.75) is 6.54 Å². The lowest BCUT2D eigenvalue weighted by molar-refractivity contribution is -0.124. The normalized spacial score (nSPS) is 14.9. The van der Waals surface area contributed by atoms with E-state index in [1.54, 1.807) is 19.2 Å². The molecule has 8 heteroatoms. The molecule has 0 spiro atoms. The third-order valence-corrected chi connectivity index (χ3v) is 3.46. The molecule has 0 bridgehead atoms. The van der Waals surface area contributed by atoms with Crippen LogP contribution in [0.3, 0.4) is 0 Å². The number of nitrogens with one attached hydrogen (secondary N) is 2. The van der Waals surface area contributed by atoms with Gasteiger partial charge >= 0.3 is 6.03 Å². The molecule has 0 aliphatic carbocycles. The lowest BCUT2D eigenvalue weighted by Gasteiger charge is -2.23. The van der Waals surface area contributed by atoms with Crippen LogP contribution in [-0.2, 0) is 11.3 Å². The molecule has 7 nitrogen and oxygen atoms in total. The van der Waals surface area contributed by atoms with Gasteiger partial charge in [0.15, 0.2) is 5.96 Å². The van der Waals surface area contributed by atoms with Crippen LogP contribution in [0.4, 0.5) is 9.18 Å². The highest BCUT2D eigenvalue weighted by molar-refractivity contribution is 6.01. The summed E-state index contributed by atoms with van der Waals surface area (Å²) in [6.07, 6.45) is 0. The van der Waals surface area contributed by atoms with Gasteiger partial charge in [0, 0.05) is 33.7 Å². The second kappa shape index (κ2) is 7.57. The summed E-state index contributed by atoms with van der Waals surface area (Å²) in [4.78, 5) is 30.1. The molecule has 1 aliphatic heterocycles. The van der Waals surface area contributed by atoms with Gasteiger partial charge in [-0.2, -0.15) is 0 Å². The molecular weight excluding hydrogens is 301 g/mol. The van der Waals surface area contributed by atoms with Crippen LogP contribution in [0.1, 0.15) is 5.56 Å². The monoisotopic (exact) mass is 321 g/mol. The van der Waals surface area contributed by atoms with E-state index < -0.39 is 0 Å². The first kappa shape index (κ1) is 16.7. The maximum Gasteiger partial charge on any atom is 0.324 e. The van der Waals surface area contributed by atoms with Gasteiger partial charge in [0.1, 0.15) is 5.82 Å². The number of carbonyl (C=O) groups excluding carboxylic acids is 2. The van der Waals surface area contributed by atoms with Crippen LogP contribution in [-0.4, -0.2) is 61.4 Å². The Bertz CT molecular complexity index is 586. The summed E-state index contributed by atoms with van der Waals surface area (Å²) < 4.78 is 12.9. The minimum atomic E-state index is -0.369. The fourth-order valence-corrected chi connectivity index (χ4v) is 2.28. The molecule has 2 rings (SSSR count). The largest absolute Gasteiger partial charge is 0.354 e. The molecule has 23 heavy (non-hydrogen) atoms. The van der Waals surface area contributed by atoms with E-state index in [9.17, 15) is 14.0 Å². The van der Waals surface area contributed by atoms with E-state index in [1.165, 1.54) is 17.0 Å². The lowest BCUT2D eigenvalue weighted by Crippen LogP contribution is -2.43. The van der Waals surface area contributed by atoms with Gasteiger partial charge in [-0.05, 0) is 17.7 Å². The summed E-state index contributed by atoms with van der Waals surface area (Å²) in [5, 5.41) is 5.57. The van der Waals surface area contributed by atoms with Crippen molar-refractivity contribution in [3.8, 4) is 0 Å². The molecule has 0 atom stereocenters. The van der Waals surface area contributed by atoms with Gasteiger partial charge in [-0.3, -0.25) is 14.7 Å². The molecule has 0 aromatic heterocycles. The van der Waals surface area contributed by atoms with Crippen LogP contribution in [0.15, 0.2) is 29.3 Å². The smallest absolute Gasteiger partial charge is 0.324 e. The van der Waals surface area contributed by atoms with E-state index in [4.69, 9.17) is 0 Å². The zero-order valence-corrected chi connectivity index (χ0v) is 13.2. The Balaban J connectivity index is 1.83. The average Bonchev–Trinajstić information content (AvgIpc) is 2.85. The molecule has 1 aromatic rings. The first-order valence-electron chi connectivity index (χ1n) is 7.25. The number of aliphatic imine (C=N–C) groups is 1. The van der Waals surface area contributed by atoms with E-state index in [0.717, 1.165) is 5.56 Å². The number of urea groups is 1. The summed E-state index contributed by atoms with van der Waals surface area (Å²) in [7, 11) is 3.50. The third kappa shape index (κ3) is 4.41. The number of hydrogen-bond acceptors (Lipinski definition) is 3. The Morgan fingerprint density at radius 1 is 1.39 bits per heavy atom. The minimum Gasteiger partial charge on any atom is -0.354 e. The van der Waals surface area contributed by atoms with Crippen LogP contribution >= 0.6 is 0 Å². The van der Waals surface area contributed by atoms with Gasteiger partial charge in [0.25, 0.3) is 0 Å². The maximum atomic E-state index is 12.9. The van der Waals surface area contributed by atoms with Gasteiger partial charge in [-0.15, -0.1) is 0 Å². The van der Waals surface area contributed by atoms with E-state index in [1.807, 2.05) is 11.9 Å². The van der Waals surface area contributed by atoms with Gasteiger partial charge in [0.05, 0.1) is 6.54 Å². The first-order chi connectivity index (χ1) is 11.0. The van der Waals surface area contributed by atoms with Crippen LogP contribution in [0, 0.1) is 5.82 Å². The second-order valence-corrected chi connectivity index (χ2v) is 5.16. The van der Waals surface area contributed by atoms with Crippen molar-refractivity contribution in [2.24, 2.45) is 4.99 Å². The number of guanidine groups is 1. The fourth-order valence-electron chi connectivity index (χ4n) is 2.28. The SMILES string of the molecule is CN=C(NCCN1C(=O)CNC1=O)N(C)Cc1ccc(F)cc1. The van der Waals surface area contributed by atoms with Crippen molar-refractivity contribution >= 4 is 17.9 Å². The zero-order chi connectivity index (χ0) is 16.8. The van der Waals surface area contributed by atoms with Crippen LogP contribution in [0.25, 0.3) is 0 Å². The van der Waals surface area contributed by atoms with Crippen LogP contribution in [0.2, 0.25) is 0 Å². The number of nitrogens with zero attached hydrogens (tertiary/aromatic N) is 3. The van der Waals surface area contributed by atoms with Crippen molar-refractivity contribution in [2.75, 3.05) is 33.7 Å². The Morgan fingerprint density at radius 3 is 2.65 bits per heavy atom. The molecule has 1 aliphatic rings. The Morgan fingerprint density at radius 2 is 2.09 bits per heavy atom. The molecule has 1 saturated heterocycles. The average molecular weight is 321 g/mol. The third-order valence-electron chi connectivity index (χ3n) is 3.46. The molecule has 1 fully saturated rings. The molecule has 0 unspecified atom stereocenters. The molecule has 1 aromatic carbocycles. The highest BCUT2D eigenvalue weighted by Crippen LogP contribution is 2.05. The molecule has 3 amide bonds. The van der Waals surface area contributed by atoms with Gasteiger partial charge in [-0.25, -0.2) is 9.18 Å². The van der Waals surface area contributed by atoms with Crippen LogP contribution < -0.4 is 10.6 Å². The number of halogens is 1. The van der Waals surface area contributed by atoms with Gasteiger partial charge < -0.3 is 15.5 Å². The van der Waals surface area contributed by atoms with E-state index in [-0.39, 0.29) is 30.8 Å². The summed E-state index contributed by atoms with van der Waals surface area (Å²) in [5.74, 6) is 0.125. The Labute approximate surface area is 134 Å². The number of hydrogen-bond donors (Lipinski definition) is 2. The van der Waals surface area contributed by atoms with E-state index in [0.29, 0.717) is 19.0 Å². The van der Waals surface area contributed by atoms with Crippen molar-refractivity contribution in [1.82, 2.24) is 20.4 Å². The van der Waals surface area contributed by atoms with Gasteiger partial charge in [-0.1, -0.05) is 12.1 Å². The fraction of sp³-hybridized carbons (Fsp3) is 0.400. The quantitative estimate of drug-likeness (QED) is 0.467. The molecule has 1 heterocycles. The molecule has 0 saturated carbocycles. The topological polar surface area (TPSA) is 77.0 Å². The number of amides is 3. The van der Waals surface area contributed by atoms with Crippen molar-refractivity contribution < 1.29 is 14.0 Å². The van der Waals surface area contributed by atoms with Crippen molar-refractivity contribution in [3.05, 3.63) is 35.6 Å². The minimum absolute atomic E-state index is 0.0536. The number of imide groups is 1. The molecule has 124 valence electrons. The van der Waals surface area contributed by atoms with Crippen LogP contribution in [0.5, 0.6) is 0 Å². The zero-order valence-electron chi connectivity index (χ0n) is 13.2. The second-order valence-electron chi connectivity index (χ2n) is 5.16. The molecular formula is C15H20FN5O2. The summed E-state index contributed by atoms with van der Waals surface area (Å²) in [6, 6.07) is 5.89. The maximum absolute atomic E-state index is 12.9. The summed E-state index contributed by atoms with van der Waals surface area (Å²) >= 11 is 0.